The molecule has 2 nitrogen and oxygen atoms in total. The molecule has 4 aromatic carbocycles. The third kappa shape index (κ3) is 6.06. The first-order valence-corrected chi connectivity index (χ1v) is 15.0. The van der Waals surface area contributed by atoms with Crippen LogP contribution in [0.25, 0.3) is 22.3 Å². The first kappa shape index (κ1) is 27.1. The van der Waals surface area contributed by atoms with Gasteiger partial charge in [0.05, 0.1) is 0 Å². The molecule has 4 N–H and O–H groups in total. The third-order valence-corrected chi connectivity index (χ3v) is 9.09. The fraction of sp³-hybridized carbons (Fsp3) is 0.351. The average molecular weight is 517 g/mol. The normalized spacial score (nSPS) is 15.3. The van der Waals surface area contributed by atoms with Crippen LogP contribution in [0.15, 0.2) is 97.1 Å². The molecule has 0 heterocycles. The van der Waals surface area contributed by atoms with Gasteiger partial charge in [-0.15, -0.1) is 0 Å². The first-order chi connectivity index (χ1) is 19.1. The van der Waals surface area contributed by atoms with Crippen molar-refractivity contribution in [2.75, 3.05) is 11.5 Å². The van der Waals surface area contributed by atoms with Gasteiger partial charge in [-0.1, -0.05) is 130 Å². The van der Waals surface area contributed by atoms with Crippen molar-refractivity contribution in [1.82, 2.24) is 0 Å². The Morgan fingerprint density at radius 1 is 0.590 bits per heavy atom. The number of anilines is 2. The lowest BCUT2D eigenvalue weighted by molar-refractivity contribution is 0.250. The molecule has 2 heteroatoms. The highest BCUT2D eigenvalue weighted by atomic mass is 14.6. The van der Waals surface area contributed by atoms with Crippen LogP contribution < -0.4 is 11.5 Å². The number of benzene rings is 4. The number of para-hydroxylation sites is 2. The van der Waals surface area contributed by atoms with Gasteiger partial charge in [0.1, 0.15) is 0 Å². The van der Waals surface area contributed by atoms with E-state index in [-0.39, 0.29) is 5.41 Å². The molecule has 1 aliphatic carbocycles. The van der Waals surface area contributed by atoms with E-state index < -0.39 is 0 Å². The van der Waals surface area contributed by atoms with Crippen LogP contribution in [0.2, 0.25) is 0 Å². The van der Waals surface area contributed by atoms with Gasteiger partial charge in [-0.2, -0.15) is 0 Å². The number of nitrogen functional groups attached to an aromatic ring is 2. The Hall–Kier alpha value is -3.52. The van der Waals surface area contributed by atoms with E-state index in [2.05, 4.69) is 79.7 Å². The summed E-state index contributed by atoms with van der Waals surface area (Å²) in [6.07, 6.45) is 13.3. The predicted molar refractivity (Wildman–Crippen MR) is 169 cm³/mol. The SMILES string of the molecule is CCCCCCCC1CCC(c2ccc(-c3ccccc3N)cc2)(c2ccc(-c3ccccc3N)cc2)CC1. The van der Waals surface area contributed by atoms with Crippen LogP contribution in [0.1, 0.15) is 82.3 Å². The van der Waals surface area contributed by atoms with Crippen LogP contribution in [0.3, 0.4) is 0 Å². The fourth-order valence-electron chi connectivity index (χ4n) is 6.70. The summed E-state index contributed by atoms with van der Waals surface area (Å²) in [6.45, 7) is 2.30. The lowest BCUT2D eigenvalue weighted by Gasteiger charge is -2.42. The summed E-state index contributed by atoms with van der Waals surface area (Å²) < 4.78 is 0. The second kappa shape index (κ2) is 12.6. The molecule has 0 spiro atoms. The highest BCUT2D eigenvalue weighted by molar-refractivity contribution is 5.77. The molecule has 0 unspecified atom stereocenters. The number of hydrogen-bond acceptors (Lipinski definition) is 2. The fourth-order valence-corrected chi connectivity index (χ4v) is 6.70. The van der Waals surface area contributed by atoms with Gasteiger partial charge in [-0.3, -0.25) is 0 Å². The van der Waals surface area contributed by atoms with Crippen molar-refractivity contribution in [2.45, 2.75) is 76.5 Å². The predicted octanol–water partition coefficient (Wildman–Crippen LogP) is 10.0. The Balaban J connectivity index is 1.41. The Morgan fingerprint density at radius 3 is 1.51 bits per heavy atom. The van der Waals surface area contributed by atoms with Crippen molar-refractivity contribution in [3.05, 3.63) is 108 Å². The molecule has 39 heavy (non-hydrogen) atoms. The van der Waals surface area contributed by atoms with Gasteiger partial charge in [0.15, 0.2) is 0 Å². The largest absolute Gasteiger partial charge is 0.398 e. The van der Waals surface area contributed by atoms with Gasteiger partial charge in [0, 0.05) is 27.9 Å². The molecule has 0 saturated heterocycles. The lowest BCUT2D eigenvalue weighted by atomic mass is 9.62. The van der Waals surface area contributed by atoms with E-state index >= 15 is 0 Å². The van der Waals surface area contributed by atoms with Gasteiger partial charge in [-0.25, -0.2) is 0 Å². The zero-order chi connectivity index (χ0) is 27.1. The topological polar surface area (TPSA) is 52.0 Å². The summed E-state index contributed by atoms with van der Waals surface area (Å²) >= 11 is 0. The molecular weight excluding hydrogens is 472 g/mol. The highest BCUT2D eigenvalue weighted by Gasteiger charge is 2.38. The summed E-state index contributed by atoms with van der Waals surface area (Å²) in [7, 11) is 0. The van der Waals surface area contributed by atoms with E-state index in [4.69, 9.17) is 11.5 Å². The number of unbranched alkanes of at least 4 members (excludes halogenated alkanes) is 4. The molecule has 0 radical (unpaired) electrons. The van der Waals surface area contributed by atoms with Crippen molar-refractivity contribution in [3.63, 3.8) is 0 Å². The van der Waals surface area contributed by atoms with Crippen molar-refractivity contribution in [2.24, 2.45) is 5.92 Å². The molecule has 1 saturated carbocycles. The summed E-state index contributed by atoms with van der Waals surface area (Å²) in [5, 5.41) is 0. The molecule has 4 aromatic rings. The van der Waals surface area contributed by atoms with E-state index in [1.807, 2.05) is 24.3 Å². The van der Waals surface area contributed by atoms with Crippen LogP contribution in [0, 0.1) is 5.92 Å². The molecule has 5 rings (SSSR count). The van der Waals surface area contributed by atoms with Crippen LogP contribution in [0.4, 0.5) is 11.4 Å². The Labute approximate surface area is 235 Å². The summed E-state index contributed by atoms with van der Waals surface area (Å²) in [6, 6.07) is 34.8. The van der Waals surface area contributed by atoms with Crippen LogP contribution >= 0.6 is 0 Å². The van der Waals surface area contributed by atoms with Crippen LogP contribution in [-0.2, 0) is 5.41 Å². The highest BCUT2D eigenvalue weighted by Crippen LogP contribution is 2.48. The molecule has 0 aliphatic heterocycles. The Kier molecular flexibility index (Phi) is 8.71. The quantitative estimate of drug-likeness (QED) is 0.163. The van der Waals surface area contributed by atoms with E-state index in [1.54, 1.807) is 0 Å². The first-order valence-electron chi connectivity index (χ1n) is 15.0. The second-order valence-corrected chi connectivity index (χ2v) is 11.6. The summed E-state index contributed by atoms with van der Waals surface area (Å²) in [5.74, 6) is 0.853. The maximum absolute atomic E-state index is 6.30. The van der Waals surface area contributed by atoms with Gasteiger partial charge in [0.25, 0.3) is 0 Å². The molecule has 0 bridgehead atoms. The second-order valence-electron chi connectivity index (χ2n) is 11.6. The monoisotopic (exact) mass is 516 g/mol. The molecule has 202 valence electrons. The number of nitrogens with two attached hydrogens (primary N) is 2. The lowest BCUT2D eigenvalue weighted by Crippen LogP contribution is -2.33. The molecular formula is C37H44N2. The number of rotatable bonds is 10. The average Bonchev–Trinajstić information content (AvgIpc) is 2.98. The molecule has 0 atom stereocenters. The third-order valence-electron chi connectivity index (χ3n) is 9.09. The standard InChI is InChI=1S/C37H44N2/c1-2-3-4-5-6-11-28-24-26-37(27-25-28,31-20-16-29(17-21-31)33-12-7-9-14-35(33)38)32-22-18-30(19-23-32)34-13-8-10-15-36(34)39/h7-10,12-23,28H,2-6,11,24-27,38-39H2,1H3. The van der Waals surface area contributed by atoms with E-state index in [0.29, 0.717) is 0 Å². The smallest absolute Gasteiger partial charge is 0.0393 e. The van der Waals surface area contributed by atoms with Crippen molar-refractivity contribution in [3.8, 4) is 22.3 Å². The van der Waals surface area contributed by atoms with Crippen LogP contribution in [-0.4, -0.2) is 0 Å². The molecule has 1 fully saturated rings. The minimum Gasteiger partial charge on any atom is -0.398 e. The Morgan fingerprint density at radius 2 is 1.05 bits per heavy atom. The van der Waals surface area contributed by atoms with Gasteiger partial charge >= 0.3 is 0 Å². The van der Waals surface area contributed by atoms with E-state index in [9.17, 15) is 0 Å². The maximum Gasteiger partial charge on any atom is 0.0393 e. The molecule has 0 amide bonds. The number of hydrogen-bond donors (Lipinski definition) is 2. The van der Waals surface area contributed by atoms with E-state index in [0.717, 1.165) is 28.4 Å². The van der Waals surface area contributed by atoms with Crippen molar-refractivity contribution in [1.29, 1.82) is 0 Å². The summed E-state index contributed by atoms with van der Waals surface area (Å²) in [4.78, 5) is 0. The zero-order valence-corrected chi connectivity index (χ0v) is 23.5. The minimum atomic E-state index is 0.0419. The van der Waals surface area contributed by atoms with Gasteiger partial charge in [-0.05, 0) is 66.0 Å². The molecule has 1 aliphatic rings. The van der Waals surface area contributed by atoms with Gasteiger partial charge < -0.3 is 11.5 Å². The Bertz CT molecular complexity index is 1240. The maximum atomic E-state index is 6.30. The zero-order valence-electron chi connectivity index (χ0n) is 23.5. The van der Waals surface area contributed by atoms with Crippen LogP contribution in [0.5, 0.6) is 0 Å². The van der Waals surface area contributed by atoms with Crippen molar-refractivity contribution < 1.29 is 0 Å². The van der Waals surface area contributed by atoms with E-state index in [1.165, 1.54) is 86.5 Å². The molecule has 0 aromatic heterocycles. The summed E-state index contributed by atoms with van der Waals surface area (Å²) in [5.41, 5.74) is 21.7. The van der Waals surface area contributed by atoms with Crippen molar-refractivity contribution >= 4 is 11.4 Å². The minimum absolute atomic E-state index is 0.0419. The van der Waals surface area contributed by atoms with Gasteiger partial charge in [0.2, 0.25) is 0 Å².